The summed E-state index contributed by atoms with van der Waals surface area (Å²) in [4.78, 5) is 9.81. The first kappa shape index (κ1) is 33.0. The quantitative estimate of drug-likeness (QED) is 0.140. The summed E-state index contributed by atoms with van der Waals surface area (Å²) in [6, 6.07) is 59.9. The Labute approximate surface area is 331 Å². The molecule has 0 atom stereocenters. The molecule has 11 rings (SSSR count). The number of rotatable bonds is 5. The Morgan fingerprint density at radius 1 is 0.491 bits per heavy atom. The molecule has 0 fully saturated rings. The van der Waals surface area contributed by atoms with E-state index in [1.165, 1.54) is 25.7 Å². The Balaban J connectivity index is 0.985. The molecule has 0 aliphatic rings. The van der Waals surface area contributed by atoms with Crippen LogP contribution in [0.5, 0.6) is 0 Å². The van der Waals surface area contributed by atoms with Gasteiger partial charge in [0.2, 0.25) is 0 Å². The van der Waals surface area contributed by atoms with Gasteiger partial charge >= 0.3 is 0 Å². The molecule has 268 valence electrons. The molecular weight excluding hydrogens is 719 g/mol. The molecule has 0 aliphatic carbocycles. The number of aliphatic imine (C=N–C) groups is 2. The van der Waals surface area contributed by atoms with Crippen LogP contribution in [0.1, 0.15) is 16.7 Å². The highest BCUT2D eigenvalue weighted by Crippen LogP contribution is 2.40. The molecule has 0 bridgehead atoms. The number of furan rings is 2. The molecule has 0 radical (unpaired) electrons. The highest BCUT2D eigenvalue weighted by Gasteiger charge is 2.15. The zero-order valence-corrected chi connectivity index (χ0v) is 31.3. The highest BCUT2D eigenvalue weighted by molar-refractivity contribution is 7.26. The maximum atomic E-state index is 9.17. The number of hydrogen-bond acceptors (Lipinski definition) is 4. The van der Waals surface area contributed by atoms with Crippen molar-refractivity contribution in [1.82, 2.24) is 0 Å². The molecule has 0 saturated carbocycles. The van der Waals surface area contributed by atoms with Crippen molar-refractivity contribution in [3.63, 3.8) is 0 Å². The molecule has 0 amide bonds. The third kappa shape index (κ3) is 5.74. The van der Waals surface area contributed by atoms with Gasteiger partial charge in [-0.15, -0.1) is 11.3 Å². The fourth-order valence-corrected chi connectivity index (χ4v) is 9.10. The van der Waals surface area contributed by atoms with E-state index in [4.69, 9.17) is 24.2 Å². The number of nitrogens with zero attached hydrogens (tertiary/aromatic N) is 2. The average molecular weight is 750 g/mol. The van der Waals surface area contributed by atoms with Crippen molar-refractivity contribution in [3.05, 3.63) is 193 Å². The summed E-state index contributed by atoms with van der Waals surface area (Å²) in [5.74, 6) is 0.511. The highest BCUT2D eigenvalue weighted by atomic mass is 32.1. The predicted octanol–water partition coefficient (Wildman–Crippen LogP) is 14.1. The van der Waals surface area contributed by atoms with Crippen molar-refractivity contribution in [2.45, 2.75) is 0 Å². The van der Waals surface area contributed by atoms with Crippen molar-refractivity contribution in [1.29, 1.82) is 5.41 Å². The third-order valence-electron chi connectivity index (χ3n) is 10.7. The SMILES string of the molecule is N=C(N=C(N=Cc1ccc2c(c1)oc1c(-c3ccccc3)cccc12)c1ccc(-c2cccc3c2sc2ccccc23)cc1)c1ccc2c(c1)oc1ccccc12. The Morgan fingerprint density at radius 2 is 1.14 bits per heavy atom. The number of hydrogen-bond donors (Lipinski definition) is 1. The van der Waals surface area contributed by atoms with Gasteiger partial charge in [-0.05, 0) is 58.7 Å². The van der Waals surface area contributed by atoms with Gasteiger partial charge in [-0.3, -0.25) is 5.41 Å². The van der Waals surface area contributed by atoms with Crippen LogP contribution in [0, 0.1) is 5.41 Å². The van der Waals surface area contributed by atoms with Crippen LogP contribution >= 0.6 is 11.3 Å². The van der Waals surface area contributed by atoms with Crippen molar-refractivity contribution >= 4 is 93.3 Å². The summed E-state index contributed by atoms with van der Waals surface area (Å²) in [6.45, 7) is 0. The first-order valence-electron chi connectivity index (χ1n) is 18.8. The standard InChI is InChI=1S/C51H31N3O2S/c52-50(35-25-27-39-38-12-4-6-18-44(38)55-46(39)29-35)54-51(34-23-21-33(22-24-34)37-15-9-17-43-41-13-5-7-19-47(41)57-49(37)43)53-30-31-20-26-40-42-16-8-14-36(32-10-2-1-3-11-32)48(42)56-45(40)28-31/h1-30,52H. The topological polar surface area (TPSA) is 74.8 Å². The number of benzene rings is 8. The fourth-order valence-electron chi connectivity index (χ4n) is 7.86. The number of amidine groups is 2. The van der Waals surface area contributed by atoms with Gasteiger partial charge in [0.1, 0.15) is 22.3 Å². The third-order valence-corrected chi connectivity index (χ3v) is 11.9. The van der Waals surface area contributed by atoms with Gasteiger partial charge in [0.05, 0.1) is 0 Å². The van der Waals surface area contributed by atoms with Crippen LogP contribution in [0.4, 0.5) is 0 Å². The lowest BCUT2D eigenvalue weighted by Crippen LogP contribution is -2.04. The maximum absolute atomic E-state index is 9.17. The molecular formula is C51H31N3O2S. The van der Waals surface area contributed by atoms with Gasteiger partial charge in [-0.1, -0.05) is 140 Å². The summed E-state index contributed by atoms with van der Waals surface area (Å²) in [5.41, 5.74) is 9.92. The normalized spacial score (nSPS) is 12.3. The predicted molar refractivity (Wildman–Crippen MR) is 239 cm³/mol. The molecule has 1 N–H and O–H groups in total. The summed E-state index contributed by atoms with van der Waals surface area (Å²) in [5, 5.41) is 15.9. The minimum absolute atomic E-state index is 0.0878. The van der Waals surface area contributed by atoms with E-state index in [2.05, 4.69) is 91.0 Å². The molecule has 0 aliphatic heterocycles. The van der Waals surface area contributed by atoms with Gasteiger partial charge in [-0.25, -0.2) is 9.98 Å². The molecule has 11 aromatic rings. The van der Waals surface area contributed by atoms with Crippen molar-refractivity contribution in [3.8, 4) is 22.3 Å². The summed E-state index contributed by atoms with van der Waals surface area (Å²) >= 11 is 1.82. The van der Waals surface area contributed by atoms with Gasteiger partial charge in [-0.2, -0.15) is 0 Å². The zero-order chi connectivity index (χ0) is 37.9. The number of para-hydroxylation sites is 2. The Hall–Kier alpha value is -7.41. The van der Waals surface area contributed by atoms with E-state index in [1.54, 1.807) is 6.21 Å². The van der Waals surface area contributed by atoms with Crippen LogP contribution in [-0.4, -0.2) is 17.9 Å². The first-order chi connectivity index (χ1) is 28.1. The smallest absolute Gasteiger partial charge is 0.161 e. The van der Waals surface area contributed by atoms with E-state index < -0.39 is 0 Å². The Kier molecular flexibility index (Phi) is 7.76. The van der Waals surface area contributed by atoms with E-state index in [0.717, 1.165) is 66.1 Å². The molecule has 3 heterocycles. The minimum Gasteiger partial charge on any atom is -0.456 e. The van der Waals surface area contributed by atoms with Crippen molar-refractivity contribution < 1.29 is 8.83 Å². The van der Waals surface area contributed by atoms with Gasteiger partial charge in [0.25, 0.3) is 0 Å². The summed E-state index contributed by atoms with van der Waals surface area (Å²) in [7, 11) is 0. The van der Waals surface area contributed by atoms with Gasteiger partial charge in [0, 0.05) is 64.6 Å². The molecule has 0 saturated heterocycles. The van der Waals surface area contributed by atoms with Crippen LogP contribution in [0.25, 0.3) is 86.3 Å². The molecule has 57 heavy (non-hydrogen) atoms. The lowest BCUT2D eigenvalue weighted by atomic mass is 10.0. The lowest BCUT2D eigenvalue weighted by molar-refractivity contribution is 0.668. The molecule has 0 spiro atoms. The van der Waals surface area contributed by atoms with E-state index in [0.29, 0.717) is 17.0 Å². The van der Waals surface area contributed by atoms with Crippen molar-refractivity contribution in [2.75, 3.05) is 0 Å². The molecule has 3 aromatic heterocycles. The zero-order valence-electron chi connectivity index (χ0n) is 30.4. The van der Waals surface area contributed by atoms with Crippen LogP contribution in [-0.2, 0) is 0 Å². The Morgan fingerprint density at radius 3 is 2.02 bits per heavy atom. The number of fused-ring (bicyclic) bond motifs is 9. The fraction of sp³-hybridized carbons (Fsp3) is 0. The van der Waals surface area contributed by atoms with Gasteiger partial charge < -0.3 is 8.83 Å². The average Bonchev–Trinajstić information content (AvgIpc) is 3.96. The van der Waals surface area contributed by atoms with E-state index in [1.807, 2.05) is 96.3 Å². The van der Waals surface area contributed by atoms with Gasteiger partial charge in [0.15, 0.2) is 11.7 Å². The van der Waals surface area contributed by atoms with E-state index >= 15 is 0 Å². The van der Waals surface area contributed by atoms with Crippen LogP contribution in [0.15, 0.2) is 195 Å². The summed E-state index contributed by atoms with van der Waals surface area (Å²) < 4.78 is 15.2. The largest absolute Gasteiger partial charge is 0.456 e. The maximum Gasteiger partial charge on any atom is 0.161 e. The van der Waals surface area contributed by atoms with Crippen LogP contribution in [0.3, 0.4) is 0 Å². The molecule has 6 heteroatoms. The molecule has 5 nitrogen and oxygen atoms in total. The lowest BCUT2D eigenvalue weighted by Gasteiger charge is -2.07. The van der Waals surface area contributed by atoms with Crippen LogP contribution in [0.2, 0.25) is 0 Å². The molecule has 0 unspecified atom stereocenters. The van der Waals surface area contributed by atoms with Crippen molar-refractivity contribution in [2.24, 2.45) is 9.98 Å². The first-order valence-corrected chi connectivity index (χ1v) is 19.6. The molecule has 8 aromatic carbocycles. The second-order valence-electron chi connectivity index (χ2n) is 14.1. The van der Waals surface area contributed by atoms with Crippen LogP contribution < -0.4 is 0 Å². The van der Waals surface area contributed by atoms with E-state index in [-0.39, 0.29) is 5.84 Å². The Bertz CT molecular complexity index is 3420. The second-order valence-corrected chi connectivity index (χ2v) is 15.2. The number of thiophene rings is 1. The number of nitrogens with one attached hydrogen (secondary N) is 1. The van der Waals surface area contributed by atoms with E-state index in [9.17, 15) is 0 Å². The second kappa shape index (κ2) is 13.4. The minimum atomic E-state index is 0.0878. The monoisotopic (exact) mass is 749 g/mol. The summed E-state index contributed by atoms with van der Waals surface area (Å²) in [6.07, 6.45) is 1.80.